The molecule has 0 aliphatic heterocycles. The summed E-state index contributed by atoms with van der Waals surface area (Å²) in [6.45, 7) is 0. The fourth-order valence-corrected chi connectivity index (χ4v) is 10.5. The molecule has 1 saturated carbocycles. The SMILES string of the molecule is c1ccc(-c2nc(C3c4ccc5ccccc5c4-c4c5c(c6ccccc6c43)-c3ccccc3C53CCCCC3)nc3c2oc2ccccc23)cc1. The number of fused-ring (bicyclic) bond motifs is 17. The molecule has 1 unspecified atom stereocenters. The highest BCUT2D eigenvalue weighted by molar-refractivity contribution is 6.15. The van der Waals surface area contributed by atoms with E-state index in [9.17, 15) is 0 Å². The van der Waals surface area contributed by atoms with E-state index in [-0.39, 0.29) is 11.3 Å². The molecule has 1 spiro atoms. The third-order valence-corrected chi connectivity index (χ3v) is 12.5. The molecule has 3 aliphatic carbocycles. The summed E-state index contributed by atoms with van der Waals surface area (Å²) < 4.78 is 6.57. The van der Waals surface area contributed by atoms with Crippen LogP contribution in [-0.2, 0) is 5.41 Å². The third kappa shape index (κ3) is 3.65. The quantitative estimate of drug-likeness (QED) is 0.184. The summed E-state index contributed by atoms with van der Waals surface area (Å²) >= 11 is 0. The summed E-state index contributed by atoms with van der Waals surface area (Å²) in [4.78, 5) is 11.1. The lowest BCUT2D eigenvalue weighted by Gasteiger charge is -2.37. The van der Waals surface area contributed by atoms with Crippen LogP contribution in [-0.4, -0.2) is 9.97 Å². The Morgan fingerprint density at radius 3 is 2.13 bits per heavy atom. The van der Waals surface area contributed by atoms with Gasteiger partial charge in [0.1, 0.15) is 22.6 Å². The van der Waals surface area contributed by atoms with Gasteiger partial charge in [-0.15, -0.1) is 0 Å². The molecule has 0 amide bonds. The molecule has 9 aromatic rings. The van der Waals surface area contributed by atoms with E-state index in [0.29, 0.717) is 0 Å². The largest absolute Gasteiger partial charge is 0.452 e. The van der Waals surface area contributed by atoms with Gasteiger partial charge in [-0.2, -0.15) is 0 Å². The van der Waals surface area contributed by atoms with Crippen molar-refractivity contribution in [2.24, 2.45) is 0 Å². The fraction of sp³-hybridized carbons (Fsp3) is 0.143. The Morgan fingerprint density at radius 2 is 1.27 bits per heavy atom. The second-order valence-corrected chi connectivity index (χ2v) is 15.0. The first-order valence-corrected chi connectivity index (χ1v) is 18.8. The van der Waals surface area contributed by atoms with E-state index in [2.05, 4.69) is 127 Å². The van der Waals surface area contributed by atoms with Gasteiger partial charge in [-0.25, -0.2) is 9.97 Å². The van der Waals surface area contributed by atoms with Gasteiger partial charge in [-0.05, 0) is 91.0 Å². The Morgan fingerprint density at radius 1 is 0.558 bits per heavy atom. The van der Waals surface area contributed by atoms with Crippen LogP contribution in [0.5, 0.6) is 0 Å². The molecule has 3 heteroatoms. The van der Waals surface area contributed by atoms with E-state index in [0.717, 1.165) is 39.2 Å². The highest BCUT2D eigenvalue weighted by atomic mass is 16.3. The second kappa shape index (κ2) is 10.5. The van der Waals surface area contributed by atoms with Gasteiger partial charge in [0.25, 0.3) is 0 Å². The molecule has 3 aliphatic rings. The summed E-state index contributed by atoms with van der Waals surface area (Å²) in [6.07, 6.45) is 6.14. The van der Waals surface area contributed by atoms with Crippen LogP contribution in [0, 0.1) is 0 Å². The lowest BCUT2D eigenvalue weighted by Crippen LogP contribution is -2.29. The molecule has 246 valence electrons. The standard InChI is InChI=1S/C49H34N2O/c1-3-16-30(17-4-1)45-47-46(35-22-10-12-24-38(35)52-47)51-48(50-45)42-36-26-25-29-15-5-6-18-31(29)39(36)43-41(42)33-20-8-7-19-32(33)40-34-21-9-11-23-37(34)49(44(40)43)27-13-2-14-28-49/h1,3-12,15-26,42H,2,13-14,27-28H2. The molecule has 0 N–H and O–H groups in total. The molecular weight excluding hydrogens is 633 g/mol. The van der Waals surface area contributed by atoms with Crippen molar-refractivity contribution < 1.29 is 4.42 Å². The van der Waals surface area contributed by atoms with Gasteiger partial charge in [-0.1, -0.05) is 147 Å². The maximum absolute atomic E-state index is 6.57. The molecule has 2 heterocycles. The Balaban J connectivity index is 1.27. The van der Waals surface area contributed by atoms with E-state index in [1.165, 1.54) is 92.6 Å². The van der Waals surface area contributed by atoms with E-state index in [1.54, 1.807) is 5.56 Å². The van der Waals surface area contributed by atoms with Gasteiger partial charge in [0.15, 0.2) is 5.58 Å². The lowest BCUT2D eigenvalue weighted by molar-refractivity contribution is 0.353. The van der Waals surface area contributed by atoms with E-state index >= 15 is 0 Å². The molecule has 2 aromatic heterocycles. The van der Waals surface area contributed by atoms with Gasteiger partial charge < -0.3 is 4.42 Å². The van der Waals surface area contributed by atoms with Gasteiger partial charge in [-0.3, -0.25) is 0 Å². The van der Waals surface area contributed by atoms with Crippen LogP contribution in [0.3, 0.4) is 0 Å². The molecule has 3 nitrogen and oxygen atoms in total. The zero-order valence-electron chi connectivity index (χ0n) is 28.7. The maximum Gasteiger partial charge on any atom is 0.180 e. The van der Waals surface area contributed by atoms with Crippen LogP contribution >= 0.6 is 0 Å². The number of para-hydroxylation sites is 1. The molecule has 52 heavy (non-hydrogen) atoms. The summed E-state index contributed by atoms with van der Waals surface area (Å²) in [5.74, 6) is 0.668. The number of furan rings is 1. The summed E-state index contributed by atoms with van der Waals surface area (Å²) in [5, 5.41) is 6.23. The van der Waals surface area contributed by atoms with Crippen LogP contribution in [0.25, 0.3) is 77.1 Å². The van der Waals surface area contributed by atoms with Gasteiger partial charge in [0.05, 0.1) is 5.92 Å². The predicted octanol–water partition coefficient (Wildman–Crippen LogP) is 12.7. The number of rotatable bonds is 2. The van der Waals surface area contributed by atoms with Crippen molar-refractivity contribution in [2.45, 2.75) is 43.4 Å². The Hall–Kier alpha value is -6.06. The minimum atomic E-state index is -0.158. The highest BCUT2D eigenvalue weighted by Crippen LogP contribution is 2.65. The highest BCUT2D eigenvalue weighted by Gasteiger charge is 2.50. The fourth-order valence-electron chi connectivity index (χ4n) is 10.5. The van der Waals surface area contributed by atoms with Crippen molar-refractivity contribution >= 4 is 43.6 Å². The van der Waals surface area contributed by atoms with Crippen molar-refractivity contribution in [1.29, 1.82) is 0 Å². The molecule has 0 radical (unpaired) electrons. The third-order valence-electron chi connectivity index (χ3n) is 12.5. The maximum atomic E-state index is 6.57. The monoisotopic (exact) mass is 666 g/mol. The average Bonchev–Trinajstić information content (AvgIpc) is 3.85. The van der Waals surface area contributed by atoms with Crippen LogP contribution in [0.1, 0.15) is 66.1 Å². The minimum absolute atomic E-state index is 0.0256. The number of benzene rings is 7. The first-order chi connectivity index (χ1) is 25.8. The van der Waals surface area contributed by atoms with Crippen molar-refractivity contribution in [3.05, 3.63) is 168 Å². The summed E-state index contributed by atoms with van der Waals surface area (Å²) in [6, 6.07) is 50.9. The average molecular weight is 667 g/mol. The van der Waals surface area contributed by atoms with Gasteiger partial charge in [0.2, 0.25) is 0 Å². The van der Waals surface area contributed by atoms with E-state index in [4.69, 9.17) is 14.4 Å². The Labute approximate surface area is 301 Å². The Bertz CT molecular complexity index is 2950. The zero-order valence-corrected chi connectivity index (χ0v) is 28.7. The molecule has 0 bridgehead atoms. The molecular formula is C49H34N2O. The zero-order chi connectivity index (χ0) is 34.0. The molecule has 1 atom stereocenters. The number of hydrogen-bond acceptors (Lipinski definition) is 3. The number of aromatic nitrogens is 2. The van der Waals surface area contributed by atoms with Gasteiger partial charge >= 0.3 is 0 Å². The van der Waals surface area contributed by atoms with E-state index < -0.39 is 0 Å². The first-order valence-electron chi connectivity index (χ1n) is 18.8. The summed E-state index contributed by atoms with van der Waals surface area (Å²) in [5.41, 5.74) is 15.6. The lowest BCUT2D eigenvalue weighted by atomic mass is 9.65. The first kappa shape index (κ1) is 28.6. The van der Waals surface area contributed by atoms with Crippen molar-refractivity contribution in [3.63, 3.8) is 0 Å². The number of nitrogens with zero attached hydrogens (tertiary/aromatic N) is 2. The van der Waals surface area contributed by atoms with Crippen LogP contribution < -0.4 is 0 Å². The van der Waals surface area contributed by atoms with Crippen LogP contribution in [0.2, 0.25) is 0 Å². The Kier molecular flexibility index (Phi) is 5.77. The predicted molar refractivity (Wildman–Crippen MR) is 212 cm³/mol. The molecule has 12 rings (SSSR count). The molecule has 1 fully saturated rings. The van der Waals surface area contributed by atoms with Crippen molar-refractivity contribution in [3.8, 4) is 33.5 Å². The van der Waals surface area contributed by atoms with Crippen molar-refractivity contribution in [1.82, 2.24) is 9.97 Å². The molecule has 0 saturated heterocycles. The van der Waals surface area contributed by atoms with Crippen LogP contribution in [0.4, 0.5) is 0 Å². The summed E-state index contributed by atoms with van der Waals surface area (Å²) in [7, 11) is 0. The van der Waals surface area contributed by atoms with Gasteiger partial charge in [0, 0.05) is 16.4 Å². The van der Waals surface area contributed by atoms with Crippen molar-refractivity contribution in [2.75, 3.05) is 0 Å². The number of hydrogen-bond donors (Lipinski definition) is 0. The smallest absolute Gasteiger partial charge is 0.180 e. The molecule has 7 aromatic carbocycles. The second-order valence-electron chi connectivity index (χ2n) is 15.0. The minimum Gasteiger partial charge on any atom is -0.452 e. The normalized spacial score (nSPS) is 16.8. The van der Waals surface area contributed by atoms with Crippen LogP contribution in [0.15, 0.2) is 144 Å². The topological polar surface area (TPSA) is 38.9 Å². The van der Waals surface area contributed by atoms with E-state index in [1.807, 2.05) is 12.1 Å².